The molecule has 2 atom stereocenters. The monoisotopic (exact) mass is 296 g/mol. The molecule has 1 saturated heterocycles. The number of aromatic nitrogens is 2. The van der Waals surface area contributed by atoms with Crippen molar-refractivity contribution in [3.63, 3.8) is 0 Å². The van der Waals surface area contributed by atoms with E-state index in [1.807, 2.05) is 6.92 Å². The topological polar surface area (TPSA) is 82.7 Å². The Morgan fingerprint density at radius 3 is 2.95 bits per heavy atom. The maximum atomic E-state index is 10.7. The summed E-state index contributed by atoms with van der Waals surface area (Å²) in [6.45, 7) is 5.00. The van der Waals surface area contributed by atoms with Crippen LogP contribution in [0.2, 0.25) is 0 Å². The molecule has 1 aliphatic rings. The first-order valence-corrected chi connectivity index (χ1v) is 7.36. The largest absolute Gasteiger partial charge is 0.481 e. The van der Waals surface area contributed by atoms with Gasteiger partial charge in [0.1, 0.15) is 0 Å². The highest BCUT2D eigenvalue weighted by Gasteiger charge is 2.24. The SMILES string of the molecule is CC(CC(=O)O)Cc1nc(CC2CN(C)CCN2C)no1. The summed E-state index contributed by atoms with van der Waals surface area (Å²) in [6, 6.07) is 0.394. The molecule has 0 aliphatic carbocycles. The number of piperazine rings is 1. The quantitative estimate of drug-likeness (QED) is 0.819. The molecule has 1 aromatic heterocycles. The van der Waals surface area contributed by atoms with Gasteiger partial charge < -0.3 is 19.4 Å². The van der Waals surface area contributed by atoms with Crippen LogP contribution in [0.4, 0.5) is 0 Å². The number of carbonyl (C=O) groups is 1. The Morgan fingerprint density at radius 2 is 2.24 bits per heavy atom. The molecule has 0 radical (unpaired) electrons. The van der Waals surface area contributed by atoms with E-state index in [9.17, 15) is 4.79 Å². The van der Waals surface area contributed by atoms with Gasteiger partial charge in [-0.05, 0) is 20.0 Å². The zero-order valence-electron chi connectivity index (χ0n) is 12.9. The van der Waals surface area contributed by atoms with Crippen molar-refractivity contribution in [2.24, 2.45) is 5.92 Å². The third kappa shape index (κ3) is 4.78. The second-order valence-electron chi connectivity index (χ2n) is 6.11. The zero-order chi connectivity index (χ0) is 15.4. The van der Waals surface area contributed by atoms with Gasteiger partial charge in [0, 0.05) is 44.9 Å². The molecular formula is C14H24N4O3. The normalized spacial score (nSPS) is 22.3. The summed E-state index contributed by atoms with van der Waals surface area (Å²) in [4.78, 5) is 19.7. The first-order valence-electron chi connectivity index (χ1n) is 7.36. The molecule has 0 spiro atoms. The summed E-state index contributed by atoms with van der Waals surface area (Å²) in [5.41, 5.74) is 0. The summed E-state index contributed by atoms with van der Waals surface area (Å²) in [7, 11) is 4.24. The first kappa shape index (κ1) is 15.9. The van der Waals surface area contributed by atoms with Gasteiger partial charge in [0.15, 0.2) is 5.82 Å². The molecular weight excluding hydrogens is 272 g/mol. The Labute approximate surface area is 124 Å². The van der Waals surface area contributed by atoms with Crippen molar-refractivity contribution in [1.29, 1.82) is 0 Å². The van der Waals surface area contributed by atoms with Crippen LogP contribution in [0.25, 0.3) is 0 Å². The Hall–Kier alpha value is -1.47. The molecule has 21 heavy (non-hydrogen) atoms. The van der Waals surface area contributed by atoms with Gasteiger partial charge >= 0.3 is 5.97 Å². The minimum absolute atomic E-state index is 0.000660. The fourth-order valence-electron chi connectivity index (χ4n) is 2.66. The molecule has 1 N–H and O–H groups in total. The Balaban J connectivity index is 1.89. The van der Waals surface area contributed by atoms with E-state index in [4.69, 9.17) is 9.63 Å². The first-order chi connectivity index (χ1) is 9.94. The van der Waals surface area contributed by atoms with Gasteiger partial charge in [-0.2, -0.15) is 4.98 Å². The highest BCUT2D eigenvalue weighted by molar-refractivity contribution is 5.66. The predicted molar refractivity (Wildman–Crippen MR) is 77.0 cm³/mol. The van der Waals surface area contributed by atoms with E-state index < -0.39 is 5.97 Å². The maximum absolute atomic E-state index is 10.7. The summed E-state index contributed by atoms with van der Waals surface area (Å²) in [6.07, 6.45) is 1.39. The molecule has 0 aromatic carbocycles. The predicted octanol–water partition coefficient (Wildman–Crippen LogP) is 0.511. The van der Waals surface area contributed by atoms with Gasteiger partial charge in [0.25, 0.3) is 0 Å². The van der Waals surface area contributed by atoms with Crippen LogP contribution in [0, 0.1) is 5.92 Å². The number of hydrogen-bond donors (Lipinski definition) is 1. The molecule has 0 saturated carbocycles. The number of carboxylic acids is 1. The minimum atomic E-state index is -0.797. The molecule has 2 rings (SSSR count). The van der Waals surface area contributed by atoms with E-state index >= 15 is 0 Å². The molecule has 7 nitrogen and oxygen atoms in total. The van der Waals surface area contributed by atoms with Gasteiger partial charge in [-0.3, -0.25) is 4.79 Å². The second-order valence-corrected chi connectivity index (χ2v) is 6.11. The van der Waals surface area contributed by atoms with E-state index in [1.165, 1.54) is 0 Å². The average Bonchev–Trinajstić information content (AvgIpc) is 2.80. The van der Waals surface area contributed by atoms with E-state index in [-0.39, 0.29) is 12.3 Å². The van der Waals surface area contributed by atoms with E-state index in [0.717, 1.165) is 26.1 Å². The summed E-state index contributed by atoms with van der Waals surface area (Å²) in [5, 5.41) is 12.8. The van der Waals surface area contributed by atoms with Crippen LogP contribution in [-0.2, 0) is 17.6 Å². The maximum Gasteiger partial charge on any atom is 0.303 e. The molecule has 118 valence electrons. The van der Waals surface area contributed by atoms with Gasteiger partial charge in [-0.1, -0.05) is 12.1 Å². The van der Waals surface area contributed by atoms with Crippen molar-refractivity contribution >= 4 is 5.97 Å². The van der Waals surface area contributed by atoms with Crippen LogP contribution in [-0.4, -0.2) is 70.8 Å². The van der Waals surface area contributed by atoms with Crippen molar-refractivity contribution in [3.05, 3.63) is 11.7 Å². The highest BCUT2D eigenvalue weighted by Crippen LogP contribution is 2.13. The highest BCUT2D eigenvalue weighted by atomic mass is 16.5. The molecule has 1 aromatic rings. The number of carboxylic acid groups (broad SMARTS) is 1. The number of likely N-dealkylation sites (N-methyl/N-ethyl adjacent to an activating group) is 2. The van der Waals surface area contributed by atoms with Gasteiger partial charge in [-0.25, -0.2) is 0 Å². The number of rotatable bonds is 6. The molecule has 2 heterocycles. The number of nitrogens with zero attached hydrogens (tertiary/aromatic N) is 4. The van der Waals surface area contributed by atoms with Crippen LogP contribution in [0.3, 0.4) is 0 Å². The fraction of sp³-hybridized carbons (Fsp3) is 0.786. The Bertz CT molecular complexity index is 477. The summed E-state index contributed by atoms with van der Waals surface area (Å²) < 4.78 is 5.23. The van der Waals surface area contributed by atoms with Gasteiger partial charge in [0.05, 0.1) is 0 Å². The van der Waals surface area contributed by atoms with E-state index in [2.05, 4.69) is 34.0 Å². The summed E-state index contributed by atoms with van der Waals surface area (Å²) in [5.74, 6) is 0.443. The molecule has 2 unspecified atom stereocenters. The van der Waals surface area contributed by atoms with Crippen LogP contribution in [0.15, 0.2) is 4.52 Å². The Morgan fingerprint density at radius 1 is 1.48 bits per heavy atom. The standard InChI is InChI=1S/C14H24N4O3/c1-10(7-14(19)20)6-13-15-12(16-21-13)8-11-9-17(2)4-5-18(11)3/h10-11H,4-9H2,1-3H3,(H,19,20). The summed E-state index contributed by atoms with van der Waals surface area (Å²) >= 11 is 0. The van der Waals surface area contributed by atoms with Gasteiger partial charge in [-0.15, -0.1) is 0 Å². The molecule has 7 heteroatoms. The van der Waals surface area contributed by atoms with Crippen molar-refractivity contribution in [1.82, 2.24) is 19.9 Å². The lowest BCUT2D eigenvalue weighted by atomic mass is 10.0. The average molecular weight is 296 g/mol. The smallest absolute Gasteiger partial charge is 0.303 e. The van der Waals surface area contributed by atoms with E-state index in [0.29, 0.717) is 24.2 Å². The third-order valence-electron chi connectivity index (χ3n) is 3.95. The molecule has 0 bridgehead atoms. The fourth-order valence-corrected chi connectivity index (χ4v) is 2.66. The van der Waals surface area contributed by atoms with Crippen molar-refractivity contribution in [2.75, 3.05) is 33.7 Å². The number of hydrogen-bond acceptors (Lipinski definition) is 6. The lowest BCUT2D eigenvalue weighted by Crippen LogP contribution is -2.50. The van der Waals surface area contributed by atoms with Crippen molar-refractivity contribution < 1.29 is 14.4 Å². The molecule has 1 aliphatic heterocycles. The van der Waals surface area contributed by atoms with Crippen LogP contribution >= 0.6 is 0 Å². The van der Waals surface area contributed by atoms with E-state index in [1.54, 1.807) is 0 Å². The Kier molecular flexibility index (Phi) is 5.30. The van der Waals surface area contributed by atoms with Crippen molar-refractivity contribution in [3.8, 4) is 0 Å². The molecule has 0 amide bonds. The van der Waals surface area contributed by atoms with Crippen LogP contribution in [0.5, 0.6) is 0 Å². The molecule has 1 fully saturated rings. The lowest BCUT2D eigenvalue weighted by Gasteiger charge is -2.37. The third-order valence-corrected chi connectivity index (χ3v) is 3.95. The van der Waals surface area contributed by atoms with Gasteiger partial charge in [0.2, 0.25) is 5.89 Å². The van der Waals surface area contributed by atoms with Crippen LogP contribution in [0.1, 0.15) is 25.1 Å². The number of aliphatic carboxylic acids is 1. The lowest BCUT2D eigenvalue weighted by molar-refractivity contribution is -0.137. The van der Waals surface area contributed by atoms with Crippen molar-refractivity contribution in [2.45, 2.75) is 32.2 Å². The minimum Gasteiger partial charge on any atom is -0.481 e. The van der Waals surface area contributed by atoms with Crippen LogP contribution < -0.4 is 0 Å². The zero-order valence-corrected chi connectivity index (χ0v) is 12.9. The second kappa shape index (κ2) is 7.00.